The average Bonchev–Trinajstić information content (AvgIpc) is 2.35. The van der Waals surface area contributed by atoms with Crippen LogP contribution in [0.4, 0.5) is 5.69 Å². The van der Waals surface area contributed by atoms with E-state index in [-0.39, 0.29) is 11.6 Å². The SMILES string of the molecule is CCc1c(C)c(C(C)=O)c(N(C)C)c(C(C)=O)c1CC. The lowest BCUT2D eigenvalue weighted by Gasteiger charge is -2.26. The fraction of sp³-hybridized carbons (Fsp3) is 0.529. The number of hydrogen-bond donors (Lipinski definition) is 0. The Balaban J connectivity index is 4.01. The summed E-state index contributed by atoms with van der Waals surface area (Å²) in [6.07, 6.45) is 1.64. The Labute approximate surface area is 122 Å². The second-order valence-electron chi connectivity index (χ2n) is 5.39. The van der Waals surface area contributed by atoms with Crippen molar-refractivity contribution >= 4 is 17.3 Å². The molecule has 1 rings (SSSR count). The molecule has 0 N–H and O–H groups in total. The van der Waals surface area contributed by atoms with E-state index in [4.69, 9.17) is 0 Å². The van der Waals surface area contributed by atoms with Gasteiger partial charge in [-0.3, -0.25) is 9.59 Å². The lowest BCUT2D eigenvalue weighted by Crippen LogP contribution is -2.21. The summed E-state index contributed by atoms with van der Waals surface area (Å²) >= 11 is 0. The van der Waals surface area contributed by atoms with Gasteiger partial charge in [0.2, 0.25) is 0 Å². The number of ketones is 2. The molecule has 1 aromatic carbocycles. The largest absolute Gasteiger partial charge is 0.376 e. The molecule has 20 heavy (non-hydrogen) atoms. The van der Waals surface area contributed by atoms with Gasteiger partial charge in [-0.2, -0.15) is 0 Å². The Kier molecular flexibility index (Phi) is 5.09. The minimum absolute atomic E-state index is 0.0195. The van der Waals surface area contributed by atoms with Crippen LogP contribution in [-0.4, -0.2) is 25.7 Å². The van der Waals surface area contributed by atoms with Crippen LogP contribution in [0, 0.1) is 6.92 Å². The number of carbonyl (C=O) groups excluding carboxylic acids is 2. The van der Waals surface area contributed by atoms with Crippen LogP contribution in [0.15, 0.2) is 0 Å². The Morgan fingerprint density at radius 1 is 0.900 bits per heavy atom. The first-order valence-corrected chi connectivity index (χ1v) is 7.15. The van der Waals surface area contributed by atoms with Gasteiger partial charge in [-0.1, -0.05) is 13.8 Å². The van der Waals surface area contributed by atoms with Crippen LogP contribution < -0.4 is 4.90 Å². The van der Waals surface area contributed by atoms with Gasteiger partial charge in [0.15, 0.2) is 11.6 Å². The third-order valence-corrected chi connectivity index (χ3v) is 3.83. The molecule has 0 heterocycles. The van der Waals surface area contributed by atoms with Crippen molar-refractivity contribution in [3.8, 4) is 0 Å². The van der Waals surface area contributed by atoms with Gasteiger partial charge in [0, 0.05) is 25.2 Å². The van der Waals surface area contributed by atoms with E-state index < -0.39 is 0 Å². The van der Waals surface area contributed by atoms with Crippen LogP contribution in [0.5, 0.6) is 0 Å². The molecule has 0 unspecified atom stereocenters. The number of rotatable bonds is 5. The molecule has 0 atom stereocenters. The van der Waals surface area contributed by atoms with Gasteiger partial charge in [0.05, 0.1) is 5.69 Å². The minimum Gasteiger partial charge on any atom is -0.376 e. The van der Waals surface area contributed by atoms with Crippen molar-refractivity contribution in [3.05, 3.63) is 27.8 Å². The molecule has 0 saturated carbocycles. The van der Waals surface area contributed by atoms with Crippen molar-refractivity contribution in [2.24, 2.45) is 0 Å². The molecule has 0 aliphatic carbocycles. The summed E-state index contributed by atoms with van der Waals surface area (Å²) in [5.74, 6) is 0.0498. The van der Waals surface area contributed by atoms with Crippen molar-refractivity contribution in [1.82, 2.24) is 0 Å². The van der Waals surface area contributed by atoms with Crippen molar-refractivity contribution in [1.29, 1.82) is 0 Å². The lowest BCUT2D eigenvalue weighted by molar-refractivity contribution is 0.101. The zero-order chi connectivity index (χ0) is 15.6. The molecule has 0 bridgehead atoms. The van der Waals surface area contributed by atoms with E-state index in [9.17, 15) is 9.59 Å². The summed E-state index contributed by atoms with van der Waals surface area (Å²) in [6, 6.07) is 0. The smallest absolute Gasteiger partial charge is 0.162 e. The minimum atomic E-state index is 0.0195. The van der Waals surface area contributed by atoms with Crippen molar-refractivity contribution in [2.75, 3.05) is 19.0 Å². The third-order valence-electron chi connectivity index (χ3n) is 3.83. The van der Waals surface area contributed by atoms with E-state index in [0.717, 1.165) is 35.2 Å². The normalized spacial score (nSPS) is 10.6. The Bertz CT molecular complexity index is 557. The van der Waals surface area contributed by atoms with Crippen LogP contribution in [0.3, 0.4) is 0 Å². The number of nitrogens with zero attached hydrogens (tertiary/aromatic N) is 1. The molecule has 0 spiro atoms. The lowest BCUT2D eigenvalue weighted by atomic mass is 9.84. The fourth-order valence-electron chi connectivity index (χ4n) is 3.10. The Hall–Kier alpha value is -1.64. The molecule has 0 aromatic heterocycles. The van der Waals surface area contributed by atoms with Crippen LogP contribution in [-0.2, 0) is 12.8 Å². The monoisotopic (exact) mass is 275 g/mol. The summed E-state index contributed by atoms with van der Waals surface area (Å²) in [6.45, 7) is 9.29. The first kappa shape index (κ1) is 16.4. The predicted molar refractivity (Wildman–Crippen MR) is 84.3 cm³/mol. The molecule has 3 nitrogen and oxygen atoms in total. The van der Waals surface area contributed by atoms with Crippen molar-refractivity contribution in [3.63, 3.8) is 0 Å². The van der Waals surface area contributed by atoms with E-state index in [2.05, 4.69) is 13.8 Å². The maximum Gasteiger partial charge on any atom is 0.162 e. The van der Waals surface area contributed by atoms with Gasteiger partial charge in [0.1, 0.15) is 0 Å². The summed E-state index contributed by atoms with van der Waals surface area (Å²) in [4.78, 5) is 26.2. The van der Waals surface area contributed by atoms with E-state index in [1.165, 1.54) is 0 Å². The van der Waals surface area contributed by atoms with E-state index in [1.807, 2.05) is 25.9 Å². The van der Waals surface area contributed by atoms with Gasteiger partial charge in [-0.05, 0) is 50.3 Å². The highest BCUT2D eigenvalue weighted by Gasteiger charge is 2.25. The average molecular weight is 275 g/mol. The number of anilines is 1. The molecule has 0 fully saturated rings. The molecule has 110 valence electrons. The summed E-state index contributed by atoms with van der Waals surface area (Å²) in [5.41, 5.74) is 5.43. The molecule has 1 aromatic rings. The van der Waals surface area contributed by atoms with Crippen molar-refractivity contribution < 1.29 is 9.59 Å². The molecule has 0 aliphatic rings. The van der Waals surface area contributed by atoms with Crippen LogP contribution in [0.1, 0.15) is 65.1 Å². The highest BCUT2D eigenvalue weighted by atomic mass is 16.1. The molecular formula is C17H25NO2. The quantitative estimate of drug-likeness (QED) is 0.771. The van der Waals surface area contributed by atoms with E-state index >= 15 is 0 Å². The summed E-state index contributed by atoms with van der Waals surface area (Å²) in [7, 11) is 3.78. The molecule has 3 heteroatoms. The molecule has 0 amide bonds. The first-order valence-electron chi connectivity index (χ1n) is 7.15. The molecule has 0 radical (unpaired) electrons. The fourth-order valence-corrected chi connectivity index (χ4v) is 3.10. The second-order valence-corrected chi connectivity index (χ2v) is 5.39. The van der Waals surface area contributed by atoms with Crippen LogP contribution >= 0.6 is 0 Å². The maximum absolute atomic E-state index is 12.2. The van der Waals surface area contributed by atoms with Gasteiger partial charge < -0.3 is 4.90 Å². The third kappa shape index (κ3) is 2.62. The van der Waals surface area contributed by atoms with Gasteiger partial charge in [-0.25, -0.2) is 0 Å². The Morgan fingerprint density at radius 2 is 1.35 bits per heavy atom. The zero-order valence-corrected chi connectivity index (χ0v) is 13.7. The highest BCUT2D eigenvalue weighted by molar-refractivity contribution is 6.10. The van der Waals surface area contributed by atoms with Gasteiger partial charge in [0.25, 0.3) is 0 Å². The Morgan fingerprint density at radius 3 is 1.65 bits per heavy atom. The maximum atomic E-state index is 12.2. The topological polar surface area (TPSA) is 37.4 Å². The standard InChI is InChI=1S/C17H25NO2/c1-8-13-10(3)15(11(4)19)17(18(6)7)16(12(5)20)14(13)9-2/h8-9H2,1-7H3. The number of benzene rings is 1. The van der Waals surface area contributed by atoms with Crippen LogP contribution in [0.2, 0.25) is 0 Å². The first-order chi connectivity index (χ1) is 9.27. The second kappa shape index (κ2) is 6.21. The van der Waals surface area contributed by atoms with Crippen molar-refractivity contribution in [2.45, 2.75) is 47.5 Å². The van der Waals surface area contributed by atoms with Crippen LogP contribution in [0.25, 0.3) is 0 Å². The zero-order valence-electron chi connectivity index (χ0n) is 13.7. The number of carbonyl (C=O) groups is 2. The predicted octanol–water partition coefficient (Wildman–Crippen LogP) is 3.59. The summed E-state index contributed by atoms with van der Waals surface area (Å²) < 4.78 is 0. The molecular weight excluding hydrogens is 250 g/mol. The van der Waals surface area contributed by atoms with Gasteiger partial charge in [-0.15, -0.1) is 0 Å². The molecule has 0 saturated heterocycles. The van der Waals surface area contributed by atoms with E-state index in [0.29, 0.717) is 11.1 Å². The number of Topliss-reactive ketones (excluding diaryl/α,β-unsaturated/α-hetero) is 2. The molecule has 0 aliphatic heterocycles. The van der Waals surface area contributed by atoms with E-state index in [1.54, 1.807) is 13.8 Å². The van der Waals surface area contributed by atoms with Gasteiger partial charge >= 0.3 is 0 Å². The number of hydrogen-bond acceptors (Lipinski definition) is 3. The summed E-state index contributed by atoms with van der Waals surface area (Å²) in [5, 5.41) is 0. The highest BCUT2D eigenvalue weighted by Crippen LogP contribution is 2.35.